The van der Waals surface area contributed by atoms with Crippen molar-refractivity contribution in [1.29, 1.82) is 0 Å². The highest BCUT2D eigenvalue weighted by molar-refractivity contribution is 7.15. The van der Waals surface area contributed by atoms with Crippen molar-refractivity contribution in [2.75, 3.05) is 27.2 Å². The Morgan fingerprint density at radius 2 is 2.15 bits per heavy atom. The minimum atomic E-state index is 0.200. The van der Waals surface area contributed by atoms with Crippen molar-refractivity contribution in [3.05, 3.63) is 34.9 Å². The molecule has 108 valence electrons. The lowest BCUT2D eigenvalue weighted by Gasteiger charge is -2.35. The molecule has 1 saturated carbocycles. The van der Waals surface area contributed by atoms with Gasteiger partial charge in [-0.1, -0.05) is 18.2 Å². The van der Waals surface area contributed by atoms with Gasteiger partial charge in [0.15, 0.2) is 0 Å². The van der Waals surface area contributed by atoms with E-state index in [1.807, 2.05) is 14.1 Å². The molecule has 0 N–H and O–H groups in total. The van der Waals surface area contributed by atoms with E-state index in [0.717, 1.165) is 19.3 Å². The maximum atomic E-state index is 12.0. The predicted molar refractivity (Wildman–Crippen MR) is 84.7 cm³/mol. The maximum absolute atomic E-state index is 12.0. The van der Waals surface area contributed by atoms with E-state index in [1.54, 1.807) is 4.90 Å². The van der Waals surface area contributed by atoms with Crippen LogP contribution in [-0.4, -0.2) is 42.9 Å². The van der Waals surface area contributed by atoms with Crippen LogP contribution in [0.3, 0.4) is 0 Å². The van der Waals surface area contributed by atoms with Crippen molar-refractivity contribution >= 4 is 15.1 Å². The molecule has 1 aromatic rings. The van der Waals surface area contributed by atoms with Crippen molar-refractivity contribution < 1.29 is 4.79 Å². The Bertz CT molecular complexity index is 537. The van der Waals surface area contributed by atoms with Gasteiger partial charge in [-0.2, -0.15) is 0 Å². The van der Waals surface area contributed by atoms with Gasteiger partial charge in [0.1, 0.15) is 0 Å². The van der Waals surface area contributed by atoms with Gasteiger partial charge in [-0.05, 0) is 35.7 Å². The van der Waals surface area contributed by atoms with E-state index >= 15 is 0 Å². The van der Waals surface area contributed by atoms with E-state index in [2.05, 4.69) is 32.3 Å². The highest BCUT2D eigenvalue weighted by atomic mass is 31.0. The Hall–Kier alpha value is -0.920. The molecule has 20 heavy (non-hydrogen) atoms. The van der Waals surface area contributed by atoms with Crippen molar-refractivity contribution in [1.82, 2.24) is 9.80 Å². The van der Waals surface area contributed by atoms with Gasteiger partial charge in [-0.25, -0.2) is 0 Å². The standard InChI is InChI=1S/C16H23N2OP/c1-17(2)15(19)9-18-8-13-7-12(10-20)3-4-14(13)16(11-18)5-6-16/h3-4,7H,5-6,8-11,20H2,1-2H3. The van der Waals surface area contributed by atoms with Gasteiger partial charge < -0.3 is 4.90 Å². The van der Waals surface area contributed by atoms with Gasteiger partial charge in [0.2, 0.25) is 5.91 Å². The van der Waals surface area contributed by atoms with Crippen LogP contribution in [0.15, 0.2) is 18.2 Å². The second-order valence-electron chi connectivity index (χ2n) is 6.41. The van der Waals surface area contributed by atoms with Gasteiger partial charge in [-0.15, -0.1) is 9.24 Å². The molecule has 0 radical (unpaired) electrons. The van der Waals surface area contributed by atoms with Crippen LogP contribution in [0.5, 0.6) is 0 Å². The van der Waals surface area contributed by atoms with E-state index < -0.39 is 0 Å². The van der Waals surface area contributed by atoms with Gasteiger partial charge in [-0.3, -0.25) is 9.69 Å². The molecule has 1 unspecified atom stereocenters. The van der Waals surface area contributed by atoms with Crippen LogP contribution in [0.2, 0.25) is 0 Å². The highest BCUT2D eigenvalue weighted by Gasteiger charge is 2.49. The fourth-order valence-electron chi connectivity index (χ4n) is 3.26. The van der Waals surface area contributed by atoms with Crippen LogP contribution < -0.4 is 0 Å². The third-order valence-corrected chi connectivity index (χ3v) is 5.08. The Labute approximate surface area is 123 Å². The molecular weight excluding hydrogens is 267 g/mol. The Morgan fingerprint density at radius 1 is 1.40 bits per heavy atom. The molecule has 3 rings (SSSR count). The average molecular weight is 290 g/mol. The summed E-state index contributed by atoms with van der Waals surface area (Å²) in [7, 11) is 6.46. The van der Waals surface area contributed by atoms with Crippen LogP contribution in [-0.2, 0) is 22.9 Å². The van der Waals surface area contributed by atoms with Gasteiger partial charge in [0.05, 0.1) is 6.54 Å². The number of amides is 1. The fraction of sp³-hybridized carbons (Fsp3) is 0.562. The maximum Gasteiger partial charge on any atom is 0.236 e. The van der Waals surface area contributed by atoms with E-state index in [4.69, 9.17) is 0 Å². The molecule has 1 spiro atoms. The van der Waals surface area contributed by atoms with E-state index in [1.165, 1.54) is 29.5 Å². The zero-order valence-corrected chi connectivity index (χ0v) is 13.5. The zero-order valence-electron chi connectivity index (χ0n) is 12.4. The van der Waals surface area contributed by atoms with Gasteiger partial charge in [0.25, 0.3) is 0 Å². The summed E-state index contributed by atoms with van der Waals surface area (Å²) in [6.07, 6.45) is 3.54. The second-order valence-corrected chi connectivity index (χ2v) is 6.82. The van der Waals surface area contributed by atoms with Crippen molar-refractivity contribution in [3.8, 4) is 0 Å². The second kappa shape index (κ2) is 5.13. The first-order chi connectivity index (χ1) is 9.54. The SMILES string of the molecule is CN(C)C(=O)CN1Cc2cc(CP)ccc2C2(CC2)C1. The lowest BCUT2D eigenvalue weighted by atomic mass is 9.86. The molecule has 1 atom stereocenters. The molecule has 1 aromatic carbocycles. The molecule has 2 aliphatic rings. The molecule has 1 aliphatic heterocycles. The number of fused-ring (bicyclic) bond motifs is 2. The molecule has 4 heteroatoms. The van der Waals surface area contributed by atoms with Crippen LogP contribution in [0.25, 0.3) is 0 Å². The number of carbonyl (C=O) groups excluding carboxylic acids is 1. The Kier molecular flexibility index (Phi) is 3.60. The Morgan fingerprint density at radius 3 is 2.75 bits per heavy atom. The minimum Gasteiger partial charge on any atom is -0.348 e. The summed E-state index contributed by atoms with van der Waals surface area (Å²) in [5.74, 6) is 0.200. The first-order valence-corrected chi connectivity index (χ1v) is 8.10. The first-order valence-electron chi connectivity index (χ1n) is 7.29. The molecule has 1 amide bonds. The number of hydrogen-bond donors (Lipinski definition) is 0. The molecule has 1 fully saturated rings. The summed E-state index contributed by atoms with van der Waals surface area (Å²) in [5, 5.41) is 0. The van der Waals surface area contributed by atoms with E-state index in [9.17, 15) is 4.79 Å². The lowest BCUT2D eigenvalue weighted by Crippen LogP contribution is -2.43. The normalized spacial score (nSPS) is 19.8. The van der Waals surface area contributed by atoms with Gasteiger partial charge in [0, 0.05) is 32.6 Å². The number of benzene rings is 1. The third kappa shape index (κ3) is 2.49. The molecule has 0 aromatic heterocycles. The fourth-order valence-corrected chi connectivity index (χ4v) is 3.51. The lowest BCUT2D eigenvalue weighted by molar-refractivity contribution is -0.130. The number of carbonyl (C=O) groups is 1. The predicted octanol–water partition coefficient (Wildman–Crippen LogP) is 2.00. The number of rotatable bonds is 3. The smallest absolute Gasteiger partial charge is 0.236 e. The van der Waals surface area contributed by atoms with Crippen LogP contribution in [0.1, 0.15) is 29.5 Å². The Balaban J connectivity index is 1.84. The molecule has 0 bridgehead atoms. The number of likely N-dealkylation sites (N-methyl/N-ethyl adjacent to an activating group) is 1. The average Bonchev–Trinajstić information content (AvgIpc) is 3.18. The van der Waals surface area contributed by atoms with Crippen LogP contribution in [0.4, 0.5) is 0 Å². The molecule has 1 aliphatic carbocycles. The molecule has 0 saturated heterocycles. The summed E-state index contributed by atoms with van der Waals surface area (Å²) >= 11 is 0. The first kappa shape index (κ1) is 14.0. The molecule has 3 nitrogen and oxygen atoms in total. The van der Waals surface area contributed by atoms with E-state index in [-0.39, 0.29) is 5.91 Å². The van der Waals surface area contributed by atoms with Crippen molar-refractivity contribution in [2.45, 2.75) is 31.0 Å². The summed E-state index contributed by atoms with van der Waals surface area (Å²) in [5.41, 5.74) is 4.68. The van der Waals surface area contributed by atoms with Crippen LogP contribution >= 0.6 is 9.24 Å². The highest BCUT2D eigenvalue weighted by Crippen LogP contribution is 2.52. The van der Waals surface area contributed by atoms with Crippen molar-refractivity contribution in [2.24, 2.45) is 0 Å². The summed E-state index contributed by atoms with van der Waals surface area (Å²) in [6, 6.07) is 6.91. The zero-order chi connectivity index (χ0) is 14.3. The molecule has 1 heterocycles. The number of nitrogens with zero attached hydrogens (tertiary/aromatic N) is 2. The summed E-state index contributed by atoms with van der Waals surface area (Å²) < 4.78 is 0. The summed E-state index contributed by atoms with van der Waals surface area (Å²) in [6.45, 7) is 2.49. The largest absolute Gasteiger partial charge is 0.348 e. The third-order valence-electron chi connectivity index (χ3n) is 4.61. The summed E-state index contributed by atoms with van der Waals surface area (Å²) in [4.78, 5) is 16.0. The minimum absolute atomic E-state index is 0.200. The van der Waals surface area contributed by atoms with Crippen molar-refractivity contribution in [3.63, 3.8) is 0 Å². The van der Waals surface area contributed by atoms with Crippen LogP contribution in [0, 0.1) is 0 Å². The molecular formula is C16H23N2OP. The van der Waals surface area contributed by atoms with E-state index in [0.29, 0.717) is 12.0 Å². The van der Waals surface area contributed by atoms with Gasteiger partial charge >= 0.3 is 0 Å². The monoisotopic (exact) mass is 290 g/mol. The topological polar surface area (TPSA) is 23.6 Å². The quantitative estimate of drug-likeness (QED) is 0.795. The number of hydrogen-bond acceptors (Lipinski definition) is 2.